The molecule has 2 heterocycles. The standard InChI is InChI=1S/C24H23F2N3OS/c1-15(2)18-10-12-29(24-27-11-13-31-24)14-19(18)16-6-8-17(9-7-16)28-23(30)22-20(25)4-3-5-21(22)26/h3-9,11,13,15H,10,12,14H2,1-2H3,(H,28,30). The summed E-state index contributed by atoms with van der Waals surface area (Å²) >= 11 is 1.63. The summed E-state index contributed by atoms with van der Waals surface area (Å²) in [6.07, 6.45) is 2.79. The first-order valence-electron chi connectivity index (χ1n) is 10.2. The van der Waals surface area contributed by atoms with Crippen molar-refractivity contribution in [2.45, 2.75) is 20.3 Å². The summed E-state index contributed by atoms with van der Waals surface area (Å²) < 4.78 is 27.7. The van der Waals surface area contributed by atoms with Crippen molar-refractivity contribution in [1.82, 2.24) is 4.98 Å². The van der Waals surface area contributed by atoms with Crippen LogP contribution in [0.5, 0.6) is 0 Å². The normalized spacial score (nSPS) is 14.3. The van der Waals surface area contributed by atoms with Gasteiger partial charge in [0.05, 0.1) is 0 Å². The molecule has 4 rings (SSSR count). The molecule has 3 aromatic rings. The van der Waals surface area contributed by atoms with E-state index in [-0.39, 0.29) is 0 Å². The molecule has 0 atom stereocenters. The van der Waals surface area contributed by atoms with E-state index in [4.69, 9.17) is 0 Å². The van der Waals surface area contributed by atoms with Crippen LogP contribution >= 0.6 is 11.3 Å². The van der Waals surface area contributed by atoms with E-state index in [1.165, 1.54) is 17.2 Å². The monoisotopic (exact) mass is 439 g/mol. The van der Waals surface area contributed by atoms with Gasteiger partial charge in [0, 0.05) is 30.4 Å². The summed E-state index contributed by atoms with van der Waals surface area (Å²) in [6.45, 7) is 6.11. The number of hydrogen-bond donors (Lipinski definition) is 1. The van der Waals surface area contributed by atoms with Crippen LogP contribution in [-0.4, -0.2) is 24.0 Å². The number of thiazole rings is 1. The van der Waals surface area contributed by atoms with Gasteiger partial charge in [-0.3, -0.25) is 4.79 Å². The van der Waals surface area contributed by atoms with Crippen molar-refractivity contribution in [2.75, 3.05) is 23.3 Å². The Morgan fingerprint density at radius 3 is 2.45 bits per heavy atom. The molecule has 0 unspecified atom stereocenters. The van der Waals surface area contributed by atoms with E-state index in [0.29, 0.717) is 11.6 Å². The van der Waals surface area contributed by atoms with E-state index in [0.717, 1.165) is 42.3 Å². The number of carbonyl (C=O) groups is 1. The van der Waals surface area contributed by atoms with Crippen LogP contribution in [-0.2, 0) is 0 Å². The number of nitrogens with zero attached hydrogens (tertiary/aromatic N) is 2. The van der Waals surface area contributed by atoms with Crippen molar-refractivity contribution in [3.8, 4) is 0 Å². The van der Waals surface area contributed by atoms with Gasteiger partial charge in [-0.25, -0.2) is 13.8 Å². The SMILES string of the molecule is CC(C)C1=C(c2ccc(NC(=O)c3c(F)cccc3F)cc2)CN(c2nccs2)CC1. The quantitative estimate of drug-likeness (QED) is 0.531. The Labute approximate surface area is 184 Å². The minimum atomic E-state index is -0.884. The lowest BCUT2D eigenvalue weighted by Gasteiger charge is -2.32. The van der Waals surface area contributed by atoms with E-state index >= 15 is 0 Å². The summed E-state index contributed by atoms with van der Waals surface area (Å²) in [5, 5.41) is 5.57. The molecular formula is C24H23F2N3OS. The highest BCUT2D eigenvalue weighted by Gasteiger charge is 2.23. The molecule has 0 saturated carbocycles. The number of benzene rings is 2. The maximum absolute atomic E-state index is 13.9. The molecule has 1 aromatic heterocycles. The van der Waals surface area contributed by atoms with Crippen LogP contribution < -0.4 is 10.2 Å². The Morgan fingerprint density at radius 1 is 1.13 bits per heavy atom. The van der Waals surface area contributed by atoms with Gasteiger partial charge in [-0.15, -0.1) is 11.3 Å². The van der Waals surface area contributed by atoms with Crippen molar-refractivity contribution < 1.29 is 13.6 Å². The maximum atomic E-state index is 13.9. The van der Waals surface area contributed by atoms with E-state index in [9.17, 15) is 13.6 Å². The third kappa shape index (κ3) is 4.51. The number of hydrogen-bond acceptors (Lipinski definition) is 4. The molecule has 31 heavy (non-hydrogen) atoms. The summed E-state index contributed by atoms with van der Waals surface area (Å²) in [5.41, 5.74) is 3.64. The highest BCUT2D eigenvalue weighted by Crippen LogP contribution is 2.34. The Bertz CT molecular complexity index is 1090. The number of rotatable bonds is 5. The lowest BCUT2D eigenvalue weighted by molar-refractivity contribution is 0.101. The predicted octanol–water partition coefficient (Wildman–Crippen LogP) is 5.99. The second-order valence-corrected chi connectivity index (χ2v) is 8.65. The molecule has 2 aromatic carbocycles. The van der Waals surface area contributed by atoms with Crippen LogP contribution in [0.15, 0.2) is 59.6 Å². The number of aromatic nitrogens is 1. The average molecular weight is 440 g/mol. The molecule has 7 heteroatoms. The van der Waals surface area contributed by atoms with Gasteiger partial charge in [0.15, 0.2) is 5.13 Å². The van der Waals surface area contributed by atoms with Gasteiger partial charge in [0.25, 0.3) is 5.91 Å². The molecule has 1 aliphatic heterocycles. The lowest BCUT2D eigenvalue weighted by atomic mass is 9.87. The van der Waals surface area contributed by atoms with Crippen molar-refractivity contribution in [1.29, 1.82) is 0 Å². The Morgan fingerprint density at radius 2 is 1.84 bits per heavy atom. The largest absolute Gasteiger partial charge is 0.343 e. The Hall–Kier alpha value is -3.06. The van der Waals surface area contributed by atoms with Crippen LogP contribution in [0.4, 0.5) is 19.6 Å². The number of nitrogens with one attached hydrogen (secondary N) is 1. The zero-order valence-corrected chi connectivity index (χ0v) is 18.2. The first kappa shape index (κ1) is 21.2. The Balaban J connectivity index is 1.56. The van der Waals surface area contributed by atoms with Crippen molar-refractivity contribution in [3.63, 3.8) is 0 Å². The molecule has 0 fully saturated rings. The zero-order chi connectivity index (χ0) is 22.0. The van der Waals surface area contributed by atoms with Crippen LogP contribution in [0.3, 0.4) is 0 Å². The number of amides is 1. The van der Waals surface area contributed by atoms with Crippen LogP contribution in [0.25, 0.3) is 5.57 Å². The number of anilines is 2. The zero-order valence-electron chi connectivity index (χ0n) is 17.4. The van der Waals surface area contributed by atoms with Gasteiger partial charge in [0.1, 0.15) is 17.2 Å². The van der Waals surface area contributed by atoms with Gasteiger partial charge in [0.2, 0.25) is 0 Å². The fraction of sp³-hybridized carbons (Fsp3) is 0.250. The van der Waals surface area contributed by atoms with Crippen LogP contribution in [0.2, 0.25) is 0 Å². The minimum absolute atomic E-state index is 0.428. The van der Waals surface area contributed by atoms with Gasteiger partial charge in [-0.05, 0) is 47.7 Å². The number of carbonyl (C=O) groups excluding carboxylic acids is 1. The van der Waals surface area contributed by atoms with Crippen molar-refractivity contribution >= 4 is 33.6 Å². The molecule has 1 amide bonds. The summed E-state index contributed by atoms with van der Waals surface area (Å²) in [6, 6.07) is 10.8. The summed E-state index contributed by atoms with van der Waals surface area (Å²) in [4.78, 5) is 19.1. The molecule has 0 saturated heterocycles. The number of halogens is 2. The molecule has 0 aliphatic carbocycles. The first-order valence-corrected chi connectivity index (χ1v) is 11.0. The topological polar surface area (TPSA) is 45.2 Å². The maximum Gasteiger partial charge on any atom is 0.261 e. The molecule has 160 valence electrons. The smallest absolute Gasteiger partial charge is 0.261 e. The Kier molecular flexibility index (Phi) is 6.13. The molecular weight excluding hydrogens is 416 g/mol. The van der Waals surface area contributed by atoms with E-state index < -0.39 is 23.1 Å². The van der Waals surface area contributed by atoms with Crippen LogP contribution in [0, 0.1) is 17.6 Å². The van der Waals surface area contributed by atoms with Crippen molar-refractivity contribution in [2.24, 2.45) is 5.92 Å². The van der Waals surface area contributed by atoms with Gasteiger partial charge in [-0.1, -0.05) is 37.6 Å². The van der Waals surface area contributed by atoms with Crippen LogP contribution in [0.1, 0.15) is 36.2 Å². The van der Waals surface area contributed by atoms with E-state index in [2.05, 4.69) is 29.0 Å². The third-order valence-corrected chi connectivity index (χ3v) is 6.29. The first-order chi connectivity index (χ1) is 14.9. The van der Waals surface area contributed by atoms with E-state index in [1.54, 1.807) is 23.5 Å². The summed E-state index contributed by atoms with van der Waals surface area (Å²) in [5.74, 6) is -2.15. The fourth-order valence-electron chi connectivity index (χ4n) is 3.89. The minimum Gasteiger partial charge on any atom is -0.343 e. The second-order valence-electron chi connectivity index (χ2n) is 7.77. The highest BCUT2D eigenvalue weighted by atomic mass is 32.1. The van der Waals surface area contributed by atoms with Gasteiger partial charge >= 0.3 is 0 Å². The predicted molar refractivity (Wildman–Crippen MR) is 121 cm³/mol. The summed E-state index contributed by atoms with van der Waals surface area (Å²) in [7, 11) is 0. The lowest BCUT2D eigenvalue weighted by Crippen LogP contribution is -2.32. The molecule has 0 bridgehead atoms. The third-order valence-electron chi connectivity index (χ3n) is 5.46. The molecule has 1 aliphatic rings. The highest BCUT2D eigenvalue weighted by molar-refractivity contribution is 7.13. The molecule has 0 spiro atoms. The molecule has 1 N–H and O–H groups in total. The molecule has 4 nitrogen and oxygen atoms in total. The second kappa shape index (κ2) is 8.98. The van der Waals surface area contributed by atoms with Gasteiger partial charge in [-0.2, -0.15) is 0 Å². The molecule has 0 radical (unpaired) electrons. The average Bonchev–Trinajstić information content (AvgIpc) is 3.29. The van der Waals surface area contributed by atoms with Crippen molar-refractivity contribution in [3.05, 3.63) is 82.4 Å². The fourth-order valence-corrected chi connectivity index (χ4v) is 4.56. The van der Waals surface area contributed by atoms with E-state index in [1.807, 2.05) is 23.7 Å². The van der Waals surface area contributed by atoms with Gasteiger partial charge < -0.3 is 10.2 Å².